The maximum Gasteiger partial charge on any atom is 0.158 e. The number of halogens is 1. The van der Waals surface area contributed by atoms with Crippen LogP contribution in [0.4, 0.5) is 22.9 Å². The molecule has 0 unspecified atom stereocenters. The molecule has 2 heterocycles. The van der Waals surface area contributed by atoms with Gasteiger partial charge in [0.25, 0.3) is 0 Å². The molecular weight excluding hydrogens is 338 g/mol. The molecule has 0 N–H and O–H groups in total. The number of nitrogens with zero attached hydrogens (tertiary/aromatic N) is 3. The minimum atomic E-state index is 0.757. The molecule has 1 aliphatic heterocycles. The van der Waals surface area contributed by atoms with E-state index in [1.54, 1.807) is 0 Å². The largest absolute Gasteiger partial charge is 0.320 e. The predicted octanol–water partition coefficient (Wildman–Crippen LogP) is 5.09. The number of rotatable bonds is 2. The lowest BCUT2D eigenvalue weighted by Gasteiger charge is -2.21. The first-order valence-corrected chi connectivity index (χ1v) is 7.93. The van der Waals surface area contributed by atoms with E-state index in [4.69, 9.17) is 0 Å². The molecule has 0 amide bonds. The topological polar surface area (TPSA) is 19.4 Å². The van der Waals surface area contributed by atoms with Crippen molar-refractivity contribution >= 4 is 38.8 Å². The highest BCUT2D eigenvalue weighted by Crippen LogP contribution is 2.42. The molecule has 4 heteroatoms. The molecule has 2 aromatic carbocycles. The Morgan fingerprint density at radius 2 is 1.64 bits per heavy atom. The monoisotopic (exact) mass is 351 g/mol. The molecule has 0 bridgehead atoms. The first-order chi connectivity index (χ1) is 10.8. The average Bonchev–Trinajstić information content (AvgIpc) is 2.95. The fourth-order valence-electron chi connectivity index (χ4n) is 2.77. The van der Waals surface area contributed by atoms with Crippen LogP contribution in [0.15, 0.2) is 77.4 Å². The van der Waals surface area contributed by atoms with E-state index in [-0.39, 0.29) is 0 Å². The normalized spacial score (nSPS) is 13.3. The smallest absolute Gasteiger partial charge is 0.158 e. The summed E-state index contributed by atoms with van der Waals surface area (Å²) in [6.07, 6.45) is 1.85. The molecule has 108 valence electrons. The molecule has 0 spiro atoms. The second-order valence-corrected chi connectivity index (χ2v) is 6.07. The van der Waals surface area contributed by atoms with Gasteiger partial charge in [-0.15, -0.1) is 0 Å². The molecule has 0 saturated heterocycles. The molecule has 4 rings (SSSR count). The van der Waals surface area contributed by atoms with Crippen molar-refractivity contribution in [2.24, 2.45) is 0 Å². The number of pyridine rings is 1. The van der Waals surface area contributed by atoms with Gasteiger partial charge in [-0.3, -0.25) is 0 Å². The SMILES string of the molecule is Brc1cccc(N2CN(c3ccccc3)c3ncccc32)c1. The zero-order valence-corrected chi connectivity index (χ0v) is 13.4. The fraction of sp³-hybridized carbons (Fsp3) is 0.0556. The van der Waals surface area contributed by atoms with Crippen molar-refractivity contribution < 1.29 is 0 Å². The Labute approximate surface area is 138 Å². The van der Waals surface area contributed by atoms with Gasteiger partial charge in [0.2, 0.25) is 0 Å². The van der Waals surface area contributed by atoms with Crippen LogP contribution in [0.3, 0.4) is 0 Å². The first-order valence-electron chi connectivity index (χ1n) is 7.14. The summed E-state index contributed by atoms with van der Waals surface area (Å²) >= 11 is 3.55. The molecule has 0 atom stereocenters. The number of hydrogen-bond acceptors (Lipinski definition) is 3. The third-order valence-corrected chi connectivity index (χ3v) is 4.28. The van der Waals surface area contributed by atoms with Crippen LogP contribution in [0.1, 0.15) is 0 Å². The second-order valence-electron chi connectivity index (χ2n) is 5.16. The first kappa shape index (κ1) is 13.3. The minimum absolute atomic E-state index is 0.757. The van der Waals surface area contributed by atoms with Gasteiger partial charge in [-0.05, 0) is 42.5 Å². The van der Waals surface area contributed by atoms with E-state index in [1.807, 2.05) is 24.4 Å². The number of aromatic nitrogens is 1. The fourth-order valence-corrected chi connectivity index (χ4v) is 3.16. The Hall–Kier alpha value is -2.33. The Morgan fingerprint density at radius 3 is 2.45 bits per heavy atom. The van der Waals surface area contributed by atoms with Gasteiger partial charge < -0.3 is 9.80 Å². The van der Waals surface area contributed by atoms with E-state index in [0.717, 1.165) is 34.0 Å². The van der Waals surface area contributed by atoms with Crippen LogP contribution in [-0.4, -0.2) is 11.7 Å². The minimum Gasteiger partial charge on any atom is -0.320 e. The lowest BCUT2D eigenvalue weighted by atomic mass is 10.2. The Balaban J connectivity index is 1.81. The third-order valence-electron chi connectivity index (χ3n) is 3.78. The van der Waals surface area contributed by atoms with Gasteiger partial charge in [0, 0.05) is 22.0 Å². The lowest BCUT2D eigenvalue weighted by molar-refractivity contribution is 0.981. The lowest BCUT2D eigenvalue weighted by Crippen LogP contribution is -2.24. The summed E-state index contributed by atoms with van der Waals surface area (Å²) in [5.41, 5.74) is 3.44. The van der Waals surface area contributed by atoms with Crippen molar-refractivity contribution in [1.82, 2.24) is 4.98 Å². The molecule has 0 aliphatic carbocycles. The van der Waals surface area contributed by atoms with Crippen LogP contribution < -0.4 is 9.80 Å². The van der Waals surface area contributed by atoms with Crippen LogP contribution in [0.5, 0.6) is 0 Å². The molecule has 1 aliphatic rings. The van der Waals surface area contributed by atoms with Gasteiger partial charge in [-0.1, -0.05) is 40.2 Å². The van der Waals surface area contributed by atoms with Crippen molar-refractivity contribution in [3.05, 3.63) is 77.4 Å². The second kappa shape index (κ2) is 5.46. The van der Waals surface area contributed by atoms with Gasteiger partial charge in [0.1, 0.15) is 6.67 Å². The van der Waals surface area contributed by atoms with Gasteiger partial charge in [0.05, 0.1) is 5.69 Å². The van der Waals surface area contributed by atoms with E-state index in [1.165, 1.54) is 0 Å². The zero-order chi connectivity index (χ0) is 14.9. The van der Waals surface area contributed by atoms with Crippen LogP contribution in [-0.2, 0) is 0 Å². The third kappa shape index (κ3) is 2.25. The molecule has 0 radical (unpaired) electrons. The Kier molecular flexibility index (Phi) is 3.31. The summed E-state index contributed by atoms with van der Waals surface area (Å²) < 4.78 is 1.08. The van der Waals surface area contributed by atoms with E-state index in [0.29, 0.717) is 0 Å². The van der Waals surface area contributed by atoms with Gasteiger partial charge >= 0.3 is 0 Å². The summed E-state index contributed by atoms with van der Waals surface area (Å²) in [7, 11) is 0. The zero-order valence-electron chi connectivity index (χ0n) is 11.9. The summed E-state index contributed by atoms with van der Waals surface area (Å²) in [6, 6.07) is 22.8. The van der Waals surface area contributed by atoms with E-state index in [9.17, 15) is 0 Å². The predicted molar refractivity (Wildman–Crippen MR) is 94.0 cm³/mol. The summed E-state index contributed by atoms with van der Waals surface area (Å²) in [5.74, 6) is 0.994. The van der Waals surface area contributed by atoms with Crippen molar-refractivity contribution in [3.8, 4) is 0 Å². The summed E-state index contributed by atoms with van der Waals surface area (Å²) in [6.45, 7) is 0.757. The number of hydrogen-bond donors (Lipinski definition) is 0. The molecule has 0 fully saturated rings. The van der Waals surface area contributed by atoms with Crippen LogP contribution >= 0.6 is 15.9 Å². The molecule has 0 saturated carbocycles. The van der Waals surface area contributed by atoms with E-state index >= 15 is 0 Å². The van der Waals surface area contributed by atoms with Crippen molar-refractivity contribution in [2.75, 3.05) is 16.5 Å². The molecule has 1 aromatic heterocycles. The standard InChI is InChI=1S/C18H14BrN3/c19-14-6-4-9-16(12-14)21-13-22(15-7-2-1-3-8-15)18-17(21)10-5-11-20-18/h1-12H,13H2. The van der Waals surface area contributed by atoms with Gasteiger partial charge in [0.15, 0.2) is 5.82 Å². The van der Waals surface area contributed by atoms with Crippen molar-refractivity contribution in [2.45, 2.75) is 0 Å². The Morgan fingerprint density at radius 1 is 0.818 bits per heavy atom. The molecule has 3 nitrogen and oxygen atoms in total. The van der Waals surface area contributed by atoms with Crippen LogP contribution in [0.2, 0.25) is 0 Å². The number of anilines is 4. The van der Waals surface area contributed by atoms with Crippen molar-refractivity contribution in [3.63, 3.8) is 0 Å². The van der Waals surface area contributed by atoms with Gasteiger partial charge in [-0.25, -0.2) is 4.98 Å². The maximum atomic E-state index is 4.59. The van der Waals surface area contributed by atoms with Crippen LogP contribution in [0, 0.1) is 0 Å². The maximum absolute atomic E-state index is 4.59. The number of para-hydroxylation sites is 1. The highest BCUT2D eigenvalue weighted by atomic mass is 79.9. The molecule has 3 aromatic rings. The average molecular weight is 352 g/mol. The number of benzene rings is 2. The molecule has 22 heavy (non-hydrogen) atoms. The summed E-state index contributed by atoms with van der Waals surface area (Å²) in [4.78, 5) is 9.10. The molecular formula is C18H14BrN3. The Bertz CT molecular complexity index is 804. The van der Waals surface area contributed by atoms with Crippen molar-refractivity contribution in [1.29, 1.82) is 0 Å². The number of fused-ring (bicyclic) bond motifs is 1. The quantitative estimate of drug-likeness (QED) is 0.640. The highest BCUT2D eigenvalue weighted by molar-refractivity contribution is 9.10. The van der Waals surface area contributed by atoms with Crippen LogP contribution in [0.25, 0.3) is 0 Å². The van der Waals surface area contributed by atoms with E-state index in [2.05, 4.69) is 79.2 Å². The summed E-state index contributed by atoms with van der Waals surface area (Å²) in [5, 5.41) is 0. The van der Waals surface area contributed by atoms with Gasteiger partial charge in [-0.2, -0.15) is 0 Å². The van der Waals surface area contributed by atoms with E-state index < -0.39 is 0 Å². The highest BCUT2D eigenvalue weighted by Gasteiger charge is 2.28.